The van der Waals surface area contributed by atoms with Gasteiger partial charge < -0.3 is 8.83 Å². The lowest BCUT2D eigenvalue weighted by molar-refractivity contribution is 0.445. The second-order valence-electron chi connectivity index (χ2n) is 4.94. The molecule has 3 heterocycles. The molecule has 4 aromatic rings. The molecule has 0 amide bonds. The fourth-order valence-electron chi connectivity index (χ4n) is 2.19. The predicted octanol–water partition coefficient (Wildman–Crippen LogP) is 3.92. The second-order valence-corrected chi connectivity index (χ2v) is 6.32. The van der Waals surface area contributed by atoms with E-state index in [1.54, 1.807) is 18.3 Å². The summed E-state index contributed by atoms with van der Waals surface area (Å²) in [4.78, 5) is 16.9. The van der Waals surface area contributed by atoms with Crippen molar-refractivity contribution in [1.29, 1.82) is 0 Å². The standard InChI is InChI=1S/C16H10ClN3O3S/c17-11-4-1-3-10(7-11)12-8-18-14(22-12)9-20-16(21)23-15(19-20)13-5-2-6-24-13/h1-8H,9H2. The van der Waals surface area contributed by atoms with Crippen molar-refractivity contribution >= 4 is 22.9 Å². The highest BCUT2D eigenvalue weighted by molar-refractivity contribution is 7.13. The maximum absolute atomic E-state index is 11.9. The van der Waals surface area contributed by atoms with E-state index in [2.05, 4.69) is 10.1 Å². The Balaban J connectivity index is 1.60. The second kappa shape index (κ2) is 6.10. The molecule has 4 rings (SSSR count). The third-order valence-corrected chi connectivity index (χ3v) is 4.38. The molecule has 120 valence electrons. The largest absolute Gasteiger partial charge is 0.439 e. The Labute approximate surface area is 144 Å². The fourth-order valence-corrected chi connectivity index (χ4v) is 3.03. The highest BCUT2D eigenvalue weighted by atomic mass is 35.5. The summed E-state index contributed by atoms with van der Waals surface area (Å²) >= 11 is 7.42. The van der Waals surface area contributed by atoms with Gasteiger partial charge in [0.15, 0.2) is 5.76 Å². The van der Waals surface area contributed by atoms with Crippen LogP contribution < -0.4 is 5.76 Å². The van der Waals surface area contributed by atoms with Crippen molar-refractivity contribution in [3.05, 3.63) is 69.4 Å². The Bertz CT molecular complexity index is 1030. The van der Waals surface area contributed by atoms with E-state index in [0.29, 0.717) is 16.7 Å². The highest BCUT2D eigenvalue weighted by Gasteiger charge is 2.14. The normalized spacial score (nSPS) is 11.0. The van der Waals surface area contributed by atoms with Gasteiger partial charge in [-0.2, -0.15) is 4.68 Å². The summed E-state index contributed by atoms with van der Waals surface area (Å²) in [6.07, 6.45) is 1.59. The SMILES string of the molecule is O=c1oc(-c2cccs2)nn1Cc1ncc(-c2cccc(Cl)c2)o1. The summed E-state index contributed by atoms with van der Waals surface area (Å²) < 4.78 is 12.0. The summed E-state index contributed by atoms with van der Waals surface area (Å²) in [7, 11) is 0. The molecule has 0 bridgehead atoms. The Morgan fingerprint density at radius 1 is 1.21 bits per heavy atom. The van der Waals surface area contributed by atoms with E-state index >= 15 is 0 Å². The molecule has 0 fully saturated rings. The summed E-state index contributed by atoms with van der Waals surface area (Å²) in [5.41, 5.74) is 0.813. The van der Waals surface area contributed by atoms with E-state index in [0.717, 1.165) is 10.4 Å². The molecule has 0 radical (unpaired) electrons. The molecular formula is C16H10ClN3O3S. The van der Waals surface area contributed by atoms with Gasteiger partial charge in [-0.25, -0.2) is 9.78 Å². The zero-order valence-electron chi connectivity index (χ0n) is 12.2. The van der Waals surface area contributed by atoms with Gasteiger partial charge >= 0.3 is 5.76 Å². The molecule has 6 nitrogen and oxygen atoms in total. The average Bonchev–Trinajstić information content (AvgIpc) is 3.30. The van der Waals surface area contributed by atoms with Crippen LogP contribution in [0.3, 0.4) is 0 Å². The van der Waals surface area contributed by atoms with E-state index < -0.39 is 5.76 Å². The zero-order chi connectivity index (χ0) is 16.5. The lowest BCUT2D eigenvalue weighted by Crippen LogP contribution is -2.16. The first-order valence-corrected chi connectivity index (χ1v) is 8.27. The van der Waals surface area contributed by atoms with Crippen LogP contribution in [0.5, 0.6) is 0 Å². The van der Waals surface area contributed by atoms with E-state index in [9.17, 15) is 4.79 Å². The molecule has 0 unspecified atom stereocenters. The third kappa shape index (κ3) is 2.91. The molecule has 0 aliphatic rings. The van der Waals surface area contributed by atoms with Gasteiger partial charge in [-0.15, -0.1) is 16.4 Å². The Morgan fingerprint density at radius 3 is 2.92 bits per heavy atom. The van der Waals surface area contributed by atoms with Crippen LogP contribution in [-0.2, 0) is 6.54 Å². The van der Waals surface area contributed by atoms with Crippen LogP contribution in [-0.4, -0.2) is 14.8 Å². The predicted molar refractivity (Wildman–Crippen MR) is 90.1 cm³/mol. The number of hydrogen-bond donors (Lipinski definition) is 0. The number of nitrogens with zero attached hydrogens (tertiary/aromatic N) is 3. The lowest BCUT2D eigenvalue weighted by Gasteiger charge is -1.97. The van der Waals surface area contributed by atoms with E-state index in [-0.39, 0.29) is 12.4 Å². The number of hydrogen-bond acceptors (Lipinski definition) is 6. The molecule has 0 spiro atoms. The first-order chi connectivity index (χ1) is 11.7. The van der Waals surface area contributed by atoms with Gasteiger partial charge in [-0.05, 0) is 23.6 Å². The van der Waals surface area contributed by atoms with E-state index in [1.807, 2.05) is 29.6 Å². The van der Waals surface area contributed by atoms with Crippen LogP contribution in [0.2, 0.25) is 5.02 Å². The summed E-state index contributed by atoms with van der Waals surface area (Å²) in [5.74, 6) is 0.665. The first-order valence-electron chi connectivity index (χ1n) is 7.01. The molecule has 0 N–H and O–H groups in total. The highest BCUT2D eigenvalue weighted by Crippen LogP contribution is 2.24. The lowest BCUT2D eigenvalue weighted by atomic mass is 10.2. The van der Waals surface area contributed by atoms with Crippen molar-refractivity contribution in [2.45, 2.75) is 6.54 Å². The zero-order valence-corrected chi connectivity index (χ0v) is 13.8. The molecule has 0 aliphatic carbocycles. The van der Waals surface area contributed by atoms with Crippen LogP contribution in [0.1, 0.15) is 5.89 Å². The Hall–Kier alpha value is -2.64. The summed E-state index contributed by atoms with van der Waals surface area (Å²) in [5, 5.41) is 6.67. The van der Waals surface area contributed by atoms with Crippen LogP contribution in [0.4, 0.5) is 0 Å². The number of oxazole rings is 1. The topological polar surface area (TPSA) is 74.1 Å². The van der Waals surface area contributed by atoms with Crippen molar-refractivity contribution in [3.8, 4) is 22.1 Å². The molecule has 3 aromatic heterocycles. The van der Waals surface area contributed by atoms with Gasteiger partial charge in [0.25, 0.3) is 5.89 Å². The molecule has 0 saturated carbocycles. The molecule has 0 aliphatic heterocycles. The maximum atomic E-state index is 11.9. The van der Waals surface area contributed by atoms with E-state index in [4.69, 9.17) is 20.4 Å². The molecule has 0 atom stereocenters. The molecule has 8 heteroatoms. The molecular weight excluding hydrogens is 350 g/mol. The van der Waals surface area contributed by atoms with Gasteiger partial charge in [0.05, 0.1) is 11.1 Å². The number of aromatic nitrogens is 3. The monoisotopic (exact) mass is 359 g/mol. The summed E-state index contributed by atoms with van der Waals surface area (Å²) in [6.45, 7) is 0.0915. The average molecular weight is 360 g/mol. The minimum Gasteiger partial charge on any atom is -0.439 e. The van der Waals surface area contributed by atoms with Crippen molar-refractivity contribution in [3.63, 3.8) is 0 Å². The van der Waals surface area contributed by atoms with Gasteiger partial charge in [0, 0.05) is 10.6 Å². The van der Waals surface area contributed by atoms with Crippen molar-refractivity contribution in [2.24, 2.45) is 0 Å². The van der Waals surface area contributed by atoms with Crippen LogP contribution in [0.15, 0.2) is 61.6 Å². The molecule has 1 aromatic carbocycles. The first kappa shape index (κ1) is 14.9. The smallest absolute Gasteiger partial charge is 0.437 e. The number of thiophene rings is 1. The quantitative estimate of drug-likeness (QED) is 0.552. The van der Waals surface area contributed by atoms with Crippen LogP contribution in [0.25, 0.3) is 22.1 Å². The maximum Gasteiger partial charge on any atom is 0.437 e. The van der Waals surface area contributed by atoms with Gasteiger partial charge in [-0.1, -0.05) is 29.8 Å². The van der Waals surface area contributed by atoms with E-state index in [1.165, 1.54) is 16.0 Å². The molecule has 0 saturated heterocycles. The number of rotatable bonds is 4. The Morgan fingerprint density at radius 2 is 2.12 bits per heavy atom. The van der Waals surface area contributed by atoms with Gasteiger partial charge in [0.1, 0.15) is 6.54 Å². The van der Waals surface area contributed by atoms with Crippen molar-refractivity contribution in [2.75, 3.05) is 0 Å². The van der Waals surface area contributed by atoms with Gasteiger partial charge in [0.2, 0.25) is 5.89 Å². The minimum atomic E-state index is -0.555. The third-order valence-electron chi connectivity index (χ3n) is 3.29. The van der Waals surface area contributed by atoms with Crippen molar-refractivity contribution in [1.82, 2.24) is 14.8 Å². The minimum absolute atomic E-state index is 0.0915. The Kier molecular flexibility index (Phi) is 3.79. The van der Waals surface area contributed by atoms with Crippen LogP contribution >= 0.6 is 22.9 Å². The fraction of sp³-hybridized carbons (Fsp3) is 0.0625. The number of benzene rings is 1. The number of halogens is 1. The van der Waals surface area contributed by atoms with Gasteiger partial charge in [-0.3, -0.25) is 0 Å². The van der Waals surface area contributed by atoms with Crippen LogP contribution in [0, 0.1) is 0 Å². The molecule has 24 heavy (non-hydrogen) atoms. The van der Waals surface area contributed by atoms with Crippen molar-refractivity contribution < 1.29 is 8.83 Å². The summed E-state index contributed by atoms with van der Waals surface area (Å²) in [6, 6.07) is 11.0.